The van der Waals surface area contributed by atoms with Crippen LogP contribution in [0.2, 0.25) is 0 Å². The van der Waals surface area contributed by atoms with E-state index in [0.29, 0.717) is 23.3 Å². The number of amides is 1. The minimum Gasteiger partial charge on any atom is -0.484 e. The number of nitrogens with one attached hydrogen (secondary N) is 1. The van der Waals surface area contributed by atoms with Gasteiger partial charge in [-0.3, -0.25) is 19.1 Å². The monoisotopic (exact) mass is 478 g/mol. The van der Waals surface area contributed by atoms with Crippen LogP contribution in [0.25, 0.3) is 0 Å². The average molecular weight is 479 g/mol. The highest BCUT2D eigenvalue weighted by Gasteiger charge is 2.24. The summed E-state index contributed by atoms with van der Waals surface area (Å²) in [6.07, 6.45) is 2.21. The number of benzene rings is 1. The van der Waals surface area contributed by atoms with Gasteiger partial charge in [-0.15, -0.1) is 23.5 Å². The maximum Gasteiger partial charge on any atom is 0.330 e. The maximum absolute atomic E-state index is 13.0. The van der Waals surface area contributed by atoms with Crippen LogP contribution in [0.15, 0.2) is 33.9 Å². The number of carbonyl (C=O) groups excluding carboxylic acids is 1. The van der Waals surface area contributed by atoms with Gasteiger partial charge in [-0.2, -0.15) is 0 Å². The van der Waals surface area contributed by atoms with Gasteiger partial charge in [0.15, 0.2) is 12.3 Å². The van der Waals surface area contributed by atoms with Crippen molar-refractivity contribution in [2.45, 2.75) is 44.2 Å². The Morgan fingerprint density at radius 1 is 1.19 bits per heavy atom. The van der Waals surface area contributed by atoms with Gasteiger partial charge < -0.3 is 15.4 Å². The lowest BCUT2D eigenvalue weighted by Gasteiger charge is -2.24. The van der Waals surface area contributed by atoms with E-state index in [0.717, 1.165) is 24.3 Å². The number of nitrogens with zero attached hydrogens (tertiary/aromatic N) is 2. The Hall–Kier alpha value is -2.33. The lowest BCUT2D eigenvalue weighted by atomic mass is 10.2. The zero-order valence-corrected chi connectivity index (χ0v) is 20.1. The topological polar surface area (TPSA) is 110 Å². The van der Waals surface area contributed by atoms with Gasteiger partial charge in [-0.1, -0.05) is 32.4 Å². The lowest BCUT2D eigenvalue weighted by Crippen LogP contribution is -2.43. The molecule has 174 valence electrons. The van der Waals surface area contributed by atoms with Crippen molar-refractivity contribution in [3.05, 3.63) is 50.7 Å². The molecule has 1 saturated heterocycles. The zero-order chi connectivity index (χ0) is 23.1. The molecule has 1 aliphatic rings. The van der Waals surface area contributed by atoms with Crippen LogP contribution in [0.3, 0.4) is 0 Å². The number of carbonyl (C=O) groups is 1. The molecule has 1 aromatic carbocycles. The number of aromatic amines is 1. The minimum atomic E-state index is -0.669. The molecule has 0 aliphatic carbocycles. The molecular weight excluding hydrogens is 448 g/mol. The number of nitrogens with two attached hydrogens (primary N) is 1. The van der Waals surface area contributed by atoms with Crippen molar-refractivity contribution in [3.8, 4) is 5.75 Å². The van der Waals surface area contributed by atoms with Crippen molar-refractivity contribution in [1.82, 2.24) is 9.55 Å². The van der Waals surface area contributed by atoms with E-state index < -0.39 is 17.2 Å². The van der Waals surface area contributed by atoms with Gasteiger partial charge >= 0.3 is 5.69 Å². The fraction of sp³-hybridized carbons (Fsp3) is 0.500. The van der Waals surface area contributed by atoms with E-state index >= 15 is 0 Å². The van der Waals surface area contributed by atoms with Crippen LogP contribution >= 0.6 is 23.5 Å². The second-order valence-corrected chi connectivity index (χ2v) is 10.2. The first kappa shape index (κ1) is 24.3. The van der Waals surface area contributed by atoms with Gasteiger partial charge in [0.25, 0.3) is 11.5 Å². The molecule has 1 fully saturated rings. The number of ether oxygens (including phenoxy) is 1. The normalized spacial score (nSPS) is 13.9. The third-order valence-electron chi connectivity index (χ3n) is 5.10. The summed E-state index contributed by atoms with van der Waals surface area (Å²) in [7, 11) is 0. The van der Waals surface area contributed by atoms with Crippen molar-refractivity contribution in [1.29, 1.82) is 0 Å². The molecule has 0 atom stereocenters. The number of hydrogen-bond acceptors (Lipinski definition) is 7. The van der Waals surface area contributed by atoms with E-state index in [1.165, 1.54) is 15.0 Å². The summed E-state index contributed by atoms with van der Waals surface area (Å²) < 4.78 is 7.47. The van der Waals surface area contributed by atoms with Crippen LogP contribution < -0.4 is 26.6 Å². The summed E-state index contributed by atoms with van der Waals surface area (Å²) in [5.41, 5.74) is 6.18. The van der Waals surface area contributed by atoms with Crippen molar-refractivity contribution in [2.24, 2.45) is 0 Å². The van der Waals surface area contributed by atoms with Gasteiger partial charge in [-0.25, -0.2) is 4.79 Å². The number of unbranched alkanes of at least 4 members (excludes halogenated alkanes) is 1. The molecule has 0 radical (unpaired) electrons. The summed E-state index contributed by atoms with van der Waals surface area (Å²) in [6, 6.07) is 7.76. The third kappa shape index (κ3) is 5.72. The molecule has 0 saturated carbocycles. The van der Waals surface area contributed by atoms with Gasteiger partial charge in [-0.05, 0) is 30.5 Å². The van der Waals surface area contributed by atoms with Crippen molar-refractivity contribution in [2.75, 3.05) is 35.3 Å². The molecule has 8 nitrogen and oxygen atoms in total. The number of hydrogen-bond donors (Lipinski definition) is 2. The van der Waals surface area contributed by atoms with Crippen LogP contribution in [-0.2, 0) is 11.3 Å². The number of H-pyrrole nitrogens is 1. The Morgan fingerprint density at radius 3 is 2.50 bits per heavy atom. The number of aromatic nitrogens is 2. The Labute approximate surface area is 195 Å². The second kappa shape index (κ2) is 11.5. The first-order valence-corrected chi connectivity index (χ1v) is 12.9. The van der Waals surface area contributed by atoms with Crippen molar-refractivity contribution < 1.29 is 9.53 Å². The molecular formula is C22H30N4O4S2. The maximum atomic E-state index is 13.0. The van der Waals surface area contributed by atoms with Gasteiger partial charge in [0.1, 0.15) is 11.6 Å². The van der Waals surface area contributed by atoms with Crippen LogP contribution in [0.4, 0.5) is 11.5 Å². The SMILES string of the molecule is CCCCn1c(N)c(N(CCC)C(=O)COc2ccc(C3SCCS3)cc2)c(=O)[nH]c1=O. The van der Waals surface area contributed by atoms with Gasteiger partial charge in [0.05, 0.1) is 4.58 Å². The van der Waals surface area contributed by atoms with E-state index in [2.05, 4.69) is 4.98 Å². The molecule has 32 heavy (non-hydrogen) atoms. The van der Waals surface area contributed by atoms with Crippen molar-refractivity contribution >= 4 is 40.9 Å². The number of rotatable bonds is 10. The first-order chi connectivity index (χ1) is 15.5. The summed E-state index contributed by atoms with van der Waals surface area (Å²) in [4.78, 5) is 41.4. The molecule has 2 aromatic rings. The van der Waals surface area contributed by atoms with Crippen LogP contribution in [0.5, 0.6) is 5.75 Å². The van der Waals surface area contributed by atoms with Crippen LogP contribution in [0.1, 0.15) is 43.3 Å². The molecule has 2 heterocycles. The molecule has 10 heteroatoms. The van der Waals surface area contributed by atoms with Crippen LogP contribution in [-0.4, -0.2) is 40.1 Å². The van der Waals surface area contributed by atoms with Crippen molar-refractivity contribution in [3.63, 3.8) is 0 Å². The van der Waals surface area contributed by atoms with E-state index in [1.54, 1.807) is 0 Å². The highest BCUT2D eigenvalue weighted by molar-refractivity contribution is 8.19. The van der Waals surface area contributed by atoms with Gasteiger partial charge in [0, 0.05) is 24.6 Å². The highest BCUT2D eigenvalue weighted by Crippen LogP contribution is 2.45. The second-order valence-electron chi connectivity index (χ2n) is 7.47. The fourth-order valence-electron chi connectivity index (χ4n) is 3.46. The largest absolute Gasteiger partial charge is 0.484 e. The number of nitrogen functional groups attached to an aromatic ring is 1. The summed E-state index contributed by atoms with van der Waals surface area (Å²) >= 11 is 3.86. The van der Waals surface area contributed by atoms with E-state index in [4.69, 9.17) is 10.5 Å². The molecule has 1 amide bonds. The zero-order valence-electron chi connectivity index (χ0n) is 18.5. The smallest absolute Gasteiger partial charge is 0.330 e. The average Bonchev–Trinajstić information content (AvgIpc) is 3.32. The standard InChI is InChI=1S/C22H30N4O4S2/c1-3-5-11-26-19(23)18(20(28)24-22(26)29)25(10-4-2)17(27)14-30-16-8-6-15(7-9-16)21-31-12-13-32-21/h6-9,21H,3-5,10-14,23H2,1-2H3,(H,24,28,29). The molecule has 1 aromatic heterocycles. The fourth-order valence-corrected chi connectivity index (χ4v) is 6.32. The molecule has 0 spiro atoms. The number of thioether (sulfide) groups is 2. The molecule has 1 aliphatic heterocycles. The van der Waals surface area contributed by atoms with Crippen LogP contribution in [0, 0.1) is 0 Å². The Kier molecular flexibility index (Phi) is 8.75. The first-order valence-electron chi connectivity index (χ1n) is 10.8. The Morgan fingerprint density at radius 2 is 1.88 bits per heavy atom. The Balaban J connectivity index is 1.76. The predicted molar refractivity (Wildman–Crippen MR) is 133 cm³/mol. The molecule has 0 unspecified atom stereocenters. The van der Waals surface area contributed by atoms with E-state index in [-0.39, 0.29) is 24.7 Å². The predicted octanol–water partition coefficient (Wildman–Crippen LogP) is 3.22. The highest BCUT2D eigenvalue weighted by atomic mass is 32.2. The summed E-state index contributed by atoms with van der Waals surface area (Å²) in [5.74, 6) is 2.51. The molecule has 0 bridgehead atoms. The van der Waals surface area contributed by atoms with E-state index in [1.807, 2.05) is 61.6 Å². The summed E-state index contributed by atoms with van der Waals surface area (Å²) in [6.45, 7) is 4.32. The van der Waals surface area contributed by atoms with Gasteiger partial charge in [0.2, 0.25) is 0 Å². The lowest BCUT2D eigenvalue weighted by molar-refractivity contribution is -0.120. The summed E-state index contributed by atoms with van der Waals surface area (Å²) in [5, 5.41) is 0. The number of anilines is 2. The molecule has 3 N–H and O–H groups in total. The third-order valence-corrected chi connectivity index (χ3v) is 8.21. The molecule has 3 rings (SSSR count). The quantitative estimate of drug-likeness (QED) is 0.539. The Bertz CT molecular complexity index is 1030. The van der Waals surface area contributed by atoms with E-state index in [9.17, 15) is 14.4 Å². The minimum absolute atomic E-state index is 0.00165.